The van der Waals surface area contributed by atoms with E-state index in [4.69, 9.17) is 11.6 Å². The van der Waals surface area contributed by atoms with E-state index in [9.17, 15) is 4.79 Å². The van der Waals surface area contributed by atoms with E-state index in [1.807, 2.05) is 6.92 Å². The number of aryl methyl sites for hydroxylation is 1. The third-order valence-electron chi connectivity index (χ3n) is 2.44. The van der Waals surface area contributed by atoms with E-state index in [1.165, 1.54) is 6.07 Å². The number of hydrogen-bond acceptors (Lipinski definition) is 3. The van der Waals surface area contributed by atoms with Crippen LogP contribution >= 0.6 is 27.5 Å². The lowest BCUT2D eigenvalue weighted by atomic mass is 10.2. The Morgan fingerprint density at radius 2 is 2.21 bits per heavy atom. The molecule has 0 unspecified atom stereocenters. The molecule has 4 nitrogen and oxygen atoms in total. The van der Waals surface area contributed by atoms with Crippen LogP contribution in [0.15, 0.2) is 34.9 Å². The van der Waals surface area contributed by atoms with Crippen molar-refractivity contribution in [2.45, 2.75) is 13.3 Å². The van der Waals surface area contributed by atoms with Crippen molar-refractivity contribution in [2.24, 2.45) is 0 Å². The number of nitrogens with zero attached hydrogens (tertiary/aromatic N) is 2. The molecule has 98 valence electrons. The molecule has 6 heteroatoms. The predicted molar refractivity (Wildman–Crippen MR) is 78.5 cm³/mol. The molecule has 2 heterocycles. The highest BCUT2D eigenvalue weighted by Crippen LogP contribution is 2.14. The summed E-state index contributed by atoms with van der Waals surface area (Å²) in [5.41, 5.74) is 1.25. The maximum atomic E-state index is 12.1. The maximum Gasteiger partial charge on any atom is 0.256 e. The van der Waals surface area contributed by atoms with Crippen LogP contribution in [0.3, 0.4) is 0 Å². The highest BCUT2D eigenvalue weighted by atomic mass is 79.9. The highest BCUT2D eigenvalue weighted by molar-refractivity contribution is 9.10. The molecule has 0 radical (unpaired) electrons. The van der Waals surface area contributed by atoms with Gasteiger partial charge < -0.3 is 5.32 Å². The lowest BCUT2D eigenvalue weighted by Gasteiger charge is -2.06. The fourth-order valence-corrected chi connectivity index (χ4v) is 1.96. The largest absolute Gasteiger partial charge is 0.307 e. The number of rotatable bonds is 3. The van der Waals surface area contributed by atoms with Crippen molar-refractivity contribution in [1.29, 1.82) is 0 Å². The molecule has 0 atom stereocenters. The van der Waals surface area contributed by atoms with Gasteiger partial charge in [0.25, 0.3) is 5.91 Å². The molecule has 0 aliphatic heterocycles. The molecule has 1 N–H and O–H groups in total. The smallest absolute Gasteiger partial charge is 0.256 e. The van der Waals surface area contributed by atoms with Crippen molar-refractivity contribution < 1.29 is 4.79 Å². The van der Waals surface area contributed by atoms with Gasteiger partial charge in [-0.3, -0.25) is 4.79 Å². The molecule has 1 amide bonds. The SMILES string of the molecule is CCc1cc(C(=O)Nc2ccc(Br)cn2)cc(Cl)n1. The number of aromatic nitrogens is 2. The first kappa shape index (κ1) is 14.0. The van der Waals surface area contributed by atoms with Gasteiger partial charge in [0, 0.05) is 21.9 Å². The minimum absolute atomic E-state index is 0.256. The molecule has 0 fully saturated rings. The van der Waals surface area contributed by atoms with Crippen LogP contribution in [-0.4, -0.2) is 15.9 Å². The Hall–Kier alpha value is -1.46. The minimum atomic E-state index is -0.256. The first-order valence-corrected chi connectivity index (χ1v) is 6.85. The summed E-state index contributed by atoms with van der Waals surface area (Å²) in [6, 6.07) is 6.78. The molecule has 0 aromatic carbocycles. The van der Waals surface area contributed by atoms with Crippen LogP contribution in [0.25, 0.3) is 0 Å². The number of nitrogens with one attached hydrogen (secondary N) is 1. The Bertz CT molecular complexity index is 601. The number of halogens is 2. The molecule has 2 aromatic rings. The van der Waals surface area contributed by atoms with Gasteiger partial charge in [-0.15, -0.1) is 0 Å². The average Bonchev–Trinajstić information content (AvgIpc) is 2.40. The molecular formula is C13H11BrClN3O. The molecule has 19 heavy (non-hydrogen) atoms. The Labute approximate surface area is 124 Å². The van der Waals surface area contributed by atoms with Gasteiger partial charge in [-0.25, -0.2) is 9.97 Å². The molecule has 2 rings (SSSR count). The predicted octanol–water partition coefficient (Wildman–Crippen LogP) is 3.71. The first-order chi connectivity index (χ1) is 9.08. The van der Waals surface area contributed by atoms with E-state index in [0.29, 0.717) is 16.5 Å². The third kappa shape index (κ3) is 3.75. The van der Waals surface area contributed by atoms with Gasteiger partial charge >= 0.3 is 0 Å². The molecule has 2 aromatic heterocycles. The van der Waals surface area contributed by atoms with Gasteiger partial charge in [0.1, 0.15) is 11.0 Å². The zero-order valence-corrected chi connectivity index (χ0v) is 12.5. The van der Waals surface area contributed by atoms with Gasteiger partial charge in [-0.1, -0.05) is 18.5 Å². The summed E-state index contributed by atoms with van der Waals surface area (Å²) < 4.78 is 0.853. The van der Waals surface area contributed by atoms with Crippen LogP contribution in [0.5, 0.6) is 0 Å². The monoisotopic (exact) mass is 339 g/mol. The van der Waals surface area contributed by atoms with Crippen LogP contribution in [0, 0.1) is 0 Å². The summed E-state index contributed by atoms with van der Waals surface area (Å²) in [6.07, 6.45) is 2.34. The molecule has 0 aliphatic carbocycles. The summed E-state index contributed by atoms with van der Waals surface area (Å²) in [4.78, 5) is 20.3. The number of anilines is 1. The van der Waals surface area contributed by atoms with E-state index in [2.05, 4.69) is 31.2 Å². The van der Waals surface area contributed by atoms with E-state index >= 15 is 0 Å². The molecule has 0 spiro atoms. The maximum absolute atomic E-state index is 12.1. The summed E-state index contributed by atoms with van der Waals surface area (Å²) in [5, 5.41) is 3.02. The van der Waals surface area contributed by atoms with E-state index in [0.717, 1.165) is 16.6 Å². The minimum Gasteiger partial charge on any atom is -0.307 e. The van der Waals surface area contributed by atoms with Gasteiger partial charge in [0.15, 0.2) is 0 Å². The number of amides is 1. The van der Waals surface area contributed by atoms with E-state index in [1.54, 1.807) is 24.4 Å². The molecule has 0 aliphatic rings. The van der Waals surface area contributed by atoms with Gasteiger partial charge in [0.05, 0.1) is 0 Å². The summed E-state index contributed by atoms with van der Waals surface area (Å²) in [7, 11) is 0. The van der Waals surface area contributed by atoms with E-state index in [-0.39, 0.29) is 5.91 Å². The Morgan fingerprint density at radius 3 is 2.84 bits per heavy atom. The summed E-state index contributed by atoms with van der Waals surface area (Å²) in [6.45, 7) is 1.95. The second-order valence-electron chi connectivity index (χ2n) is 3.84. The number of pyridine rings is 2. The van der Waals surface area contributed by atoms with Crippen molar-refractivity contribution in [1.82, 2.24) is 9.97 Å². The van der Waals surface area contributed by atoms with Crippen LogP contribution in [-0.2, 0) is 6.42 Å². The fourth-order valence-electron chi connectivity index (χ4n) is 1.50. The van der Waals surface area contributed by atoms with Crippen LogP contribution in [0.2, 0.25) is 5.15 Å². The normalized spacial score (nSPS) is 10.3. The average molecular weight is 341 g/mol. The molecule has 0 bridgehead atoms. The lowest BCUT2D eigenvalue weighted by molar-refractivity contribution is 0.102. The van der Waals surface area contributed by atoms with E-state index < -0.39 is 0 Å². The van der Waals surface area contributed by atoms with Crippen LogP contribution in [0.4, 0.5) is 5.82 Å². The Balaban J connectivity index is 2.20. The van der Waals surface area contributed by atoms with Gasteiger partial charge in [0.2, 0.25) is 0 Å². The van der Waals surface area contributed by atoms with Crippen molar-refractivity contribution in [2.75, 3.05) is 5.32 Å². The third-order valence-corrected chi connectivity index (χ3v) is 3.10. The Morgan fingerprint density at radius 1 is 1.42 bits per heavy atom. The number of carbonyl (C=O) groups is 1. The second kappa shape index (κ2) is 6.12. The van der Waals surface area contributed by atoms with Crippen LogP contribution in [0.1, 0.15) is 23.0 Å². The van der Waals surface area contributed by atoms with Gasteiger partial charge in [-0.2, -0.15) is 0 Å². The molecule has 0 saturated heterocycles. The number of hydrogen-bond donors (Lipinski definition) is 1. The topological polar surface area (TPSA) is 54.9 Å². The zero-order chi connectivity index (χ0) is 13.8. The van der Waals surface area contributed by atoms with Crippen molar-refractivity contribution in [3.63, 3.8) is 0 Å². The first-order valence-electron chi connectivity index (χ1n) is 5.68. The lowest BCUT2D eigenvalue weighted by Crippen LogP contribution is -2.13. The Kier molecular flexibility index (Phi) is 4.50. The van der Waals surface area contributed by atoms with Crippen molar-refractivity contribution in [3.8, 4) is 0 Å². The number of carbonyl (C=O) groups excluding carboxylic acids is 1. The van der Waals surface area contributed by atoms with Gasteiger partial charge in [-0.05, 0) is 46.6 Å². The quantitative estimate of drug-likeness (QED) is 0.867. The fraction of sp³-hybridized carbons (Fsp3) is 0.154. The highest BCUT2D eigenvalue weighted by Gasteiger charge is 2.09. The standard InChI is InChI=1S/C13H11BrClN3O/c1-2-10-5-8(6-11(15)17-10)13(19)18-12-4-3-9(14)7-16-12/h3-7H,2H2,1H3,(H,16,18,19). The van der Waals surface area contributed by atoms with Crippen LogP contribution < -0.4 is 5.32 Å². The molecule has 0 saturated carbocycles. The zero-order valence-electron chi connectivity index (χ0n) is 10.2. The second-order valence-corrected chi connectivity index (χ2v) is 5.14. The summed E-state index contributed by atoms with van der Waals surface area (Å²) in [5.74, 6) is 0.230. The summed E-state index contributed by atoms with van der Waals surface area (Å²) >= 11 is 9.17. The molecular weight excluding hydrogens is 330 g/mol. The van der Waals surface area contributed by atoms with Crippen molar-refractivity contribution >= 4 is 39.3 Å². The van der Waals surface area contributed by atoms with Crippen molar-refractivity contribution in [3.05, 3.63) is 51.3 Å².